The third-order valence-electron chi connectivity index (χ3n) is 3.81. The second-order valence-electron chi connectivity index (χ2n) is 5.17. The normalized spacial score (nSPS) is 23.2. The Morgan fingerprint density at radius 2 is 2.00 bits per heavy atom. The van der Waals surface area contributed by atoms with Gasteiger partial charge in [-0.05, 0) is 32.0 Å². The van der Waals surface area contributed by atoms with E-state index in [0.717, 1.165) is 6.07 Å². The molecular formula is C14H16F4N2O. The molecule has 1 saturated heterocycles. The van der Waals surface area contributed by atoms with Crippen molar-refractivity contribution in [3.63, 3.8) is 0 Å². The summed E-state index contributed by atoms with van der Waals surface area (Å²) in [7, 11) is 0. The second-order valence-corrected chi connectivity index (χ2v) is 5.17. The van der Waals surface area contributed by atoms with E-state index in [1.165, 1.54) is 4.90 Å². The molecule has 116 valence electrons. The van der Waals surface area contributed by atoms with E-state index in [1.807, 2.05) is 13.8 Å². The lowest BCUT2D eigenvalue weighted by molar-refractivity contribution is -0.140. The van der Waals surface area contributed by atoms with Crippen molar-refractivity contribution in [3.05, 3.63) is 35.1 Å². The second kappa shape index (κ2) is 5.63. The molecule has 1 N–H and O–H groups in total. The molecule has 21 heavy (non-hydrogen) atoms. The molecule has 0 bridgehead atoms. The Morgan fingerprint density at radius 3 is 2.62 bits per heavy atom. The highest BCUT2D eigenvalue weighted by Gasteiger charge is 2.36. The van der Waals surface area contributed by atoms with Crippen molar-refractivity contribution in [3.8, 4) is 0 Å². The molecule has 0 radical (unpaired) electrons. The number of carbonyl (C=O) groups excluding carboxylic acids is 1. The van der Waals surface area contributed by atoms with Gasteiger partial charge in [0, 0.05) is 30.7 Å². The van der Waals surface area contributed by atoms with Crippen molar-refractivity contribution in [2.75, 3.05) is 13.1 Å². The van der Waals surface area contributed by atoms with Crippen molar-refractivity contribution in [2.45, 2.75) is 32.1 Å². The van der Waals surface area contributed by atoms with E-state index in [-0.39, 0.29) is 17.6 Å². The van der Waals surface area contributed by atoms with Gasteiger partial charge in [-0.3, -0.25) is 4.79 Å². The molecule has 3 nitrogen and oxygen atoms in total. The Kier molecular flexibility index (Phi) is 4.22. The maximum atomic E-state index is 13.3. The summed E-state index contributed by atoms with van der Waals surface area (Å²) in [6, 6.07) is 2.26. The van der Waals surface area contributed by atoms with E-state index in [9.17, 15) is 22.4 Å². The Morgan fingerprint density at radius 1 is 1.33 bits per heavy atom. The highest BCUT2D eigenvalue weighted by atomic mass is 19.4. The van der Waals surface area contributed by atoms with Crippen molar-refractivity contribution in [2.24, 2.45) is 0 Å². The van der Waals surface area contributed by atoms with Gasteiger partial charge in [0.25, 0.3) is 5.91 Å². The lowest BCUT2D eigenvalue weighted by atomic mass is 10.0. The van der Waals surface area contributed by atoms with E-state index in [1.54, 1.807) is 0 Å². The number of alkyl halides is 3. The maximum absolute atomic E-state index is 13.3. The van der Waals surface area contributed by atoms with E-state index in [2.05, 4.69) is 5.32 Å². The summed E-state index contributed by atoms with van der Waals surface area (Å²) in [5.74, 6) is -1.89. The minimum atomic E-state index is -4.82. The number of rotatable bonds is 1. The third kappa shape index (κ3) is 3.18. The number of hydrogen-bond donors (Lipinski definition) is 1. The fourth-order valence-electron chi connectivity index (χ4n) is 2.38. The number of nitrogens with zero attached hydrogens (tertiary/aromatic N) is 1. The highest BCUT2D eigenvalue weighted by Crippen LogP contribution is 2.32. The summed E-state index contributed by atoms with van der Waals surface area (Å²) in [5, 5.41) is 3.18. The van der Waals surface area contributed by atoms with Crippen molar-refractivity contribution in [1.82, 2.24) is 10.2 Å². The molecule has 1 heterocycles. The molecule has 7 heteroatoms. The Labute approximate surface area is 119 Å². The number of carbonyl (C=O) groups is 1. The molecule has 2 unspecified atom stereocenters. The first kappa shape index (κ1) is 15.8. The van der Waals surface area contributed by atoms with E-state index in [4.69, 9.17) is 0 Å². The van der Waals surface area contributed by atoms with Gasteiger partial charge in [0.2, 0.25) is 0 Å². The van der Waals surface area contributed by atoms with Crippen LogP contribution in [0.25, 0.3) is 0 Å². The Balaban J connectivity index is 2.31. The third-order valence-corrected chi connectivity index (χ3v) is 3.81. The number of nitrogens with one attached hydrogen (secondary N) is 1. The smallest absolute Gasteiger partial charge is 0.333 e. The van der Waals surface area contributed by atoms with Gasteiger partial charge in [-0.1, -0.05) is 0 Å². The minimum Gasteiger partial charge on any atom is -0.333 e. The SMILES string of the molecule is CC1NCCN(C(=O)c2ccc(F)c(C(F)(F)F)c2)C1C. The number of piperazine rings is 1. The first-order valence-electron chi connectivity index (χ1n) is 6.63. The molecular weight excluding hydrogens is 288 g/mol. The van der Waals surface area contributed by atoms with Crippen LogP contribution in [-0.4, -0.2) is 36.0 Å². The zero-order chi connectivity index (χ0) is 15.8. The molecule has 1 amide bonds. The van der Waals surface area contributed by atoms with Crippen LogP contribution in [0.4, 0.5) is 17.6 Å². The summed E-state index contributed by atoms with van der Waals surface area (Å²) in [4.78, 5) is 13.9. The molecule has 1 aromatic carbocycles. The van der Waals surface area contributed by atoms with Crippen LogP contribution in [0, 0.1) is 5.82 Å². The molecule has 0 spiro atoms. The van der Waals surface area contributed by atoms with Crippen molar-refractivity contribution < 1.29 is 22.4 Å². The molecule has 1 aliphatic rings. The zero-order valence-corrected chi connectivity index (χ0v) is 11.7. The molecule has 0 saturated carbocycles. The van der Waals surface area contributed by atoms with Gasteiger partial charge < -0.3 is 10.2 Å². The van der Waals surface area contributed by atoms with E-state index >= 15 is 0 Å². The van der Waals surface area contributed by atoms with Crippen molar-refractivity contribution in [1.29, 1.82) is 0 Å². The maximum Gasteiger partial charge on any atom is 0.419 e. The average Bonchev–Trinajstić information content (AvgIpc) is 2.40. The molecule has 1 aromatic rings. The Hall–Kier alpha value is -1.63. The topological polar surface area (TPSA) is 32.3 Å². The summed E-state index contributed by atoms with van der Waals surface area (Å²) >= 11 is 0. The quantitative estimate of drug-likeness (QED) is 0.809. The van der Waals surface area contributed by atoms with Crippen LogP contribution in [0.3, 0.4) is 0 Å². The fourth-order valence-corrected chi connectivity index (χ4v) is 2.38. The molecule has 0 aromatic heterocycles. The zero-order valence-electron chi connectivity index (χ0n) is 11.7. The van der Waals surface area contributed by atoms with Gasteiger partial charge >= 0.3 is 6.18 Å². The van der Waals surface area contributed by atoms with Gasteiger partial charge in [-0.2, -0.15) is 13.2 Å². The lowest BCUT2D eigenvalue weighted by Gasteiger charge is -2.38. The van der Waals surface area contributed by atoms with Crippen LogP contribution in [0.2, 0.25) is 0 Å². The number of benzene rings is 1. The first-order valence-corrected chi connectivity index (χ1v) is 6.63. The van der Waals surface area contributed by atoms with E-state index < -0.39 is 23.5 Å². The molecule has 2 atom stereocenters. The van der Waals surface area contributed by atoms with Crippen LogP contribution in [0.15, 0.2) is 18.2 Å². The molecule has 2 rings (SSSR count). The number of amides is 1. The van der Waals surface area contributed by atoms with E-state index in [0.29, 0.717) is 25.2 Å². The van der Waals surface area contributed by atoms with Gasteiger partial charge in [0.1, 0.15) is 5.82 Å². The minimum absolute atomic E-state index is 0.0465. The number of halogens is 4. The van der Waals surface area contributed by atoms with Gasteiger partial charge in [0.15, 0.2) is 0 Å². The van der Waals surface area contributed by atoms with Crippen LogP contribution < -0.4 is 5.32 Å². The predicted molar refractivity (Wildman–Crippen MR) is 69.4 cm³/mol. The fraction of sp³-hybridized carbons (Fsp3) is 0.500. The van der Waals surface area contributed by atoms with Crippen molar-refractivity contribution >= 4 is 5.91 Å². The monoisotopic (exact) mass is 304 g/mol. The van der Waals surface area contributed by atoms with Crippen LogP contribution in [-0.2, 0) is 6.18 Å². The van der Waals surface area contributed by atoms with Crippen LogP contribution in [0.1, 0.15) is 29.8 Å². The predicted octanol–water partition coefficient (Wildman–Crippen LogP) is 2.67. The lowest BCUT2D eigenvalue weighted by Crippen LogP contribution is -2.57. The highest BCUT2D eigenvalue weighted by molar-refractivity contribution is 5.94. The standard InChI is InChI=1S/C14H16F4N2O/c1-8-9(2)20(6-5-19-8)13(21)10-3-4-12(15)11(7-10)14(16,17)18/h3-4,7-9,19H,5-6H2,1-2H3. The summed E-state index contributed by atoms with van der Waals surface area (Å²) < 4.78 is 51.3. The largest absolute Gasteiger partial charge is 0.419 e. The van der Waals surface area contributed by atoms with Crippen LogP contribution in [0.5, 0.6) is 0 Å². The molecule has 1 fully saturated rings. The summed E-state index contributed by atoms with van der Waals surface area (Å²) in [5.41, 5.74) is -1.56. The van der Waals surface area contributed by atoms with Gasteiger partial charge in [-0.25, -0.2) is 4.39 Å². The van der Waals surface area contributed by atoms with Gasteiger partial charge in [0.05, 0.1) is 5.56 Å². The summed E-state index contributed by atoms with van der Waals surface area (Å²) in [6.07, 6.45) is -4.82. The summed E-state index contributed by atoms with van der Waals surface area (Å²) in [6.45, 7) is 4.70. The molecule has 0 aliphatic carbocycles. The first-order chi connectivity index (χ1) is 9.71. The molecule has 1 aliphatic heterocycles. The average molecular weight is 304 g/mol. The van der Waals surface area contributed by atoms with Gasteiger partial charge in [-0.15, -0.1) is 0 Å². The Bertz CT molecular complexity index is 544. The van der Waals surface area contributed by atoms with Crippen LogP contribution >= 0.6 is 0 Å². The number of hydrogen-bond acceptors (Lipinski definition) is 2.